The zero-order valence-electron chi connectivity index (χ0n) is 9.70. The number of benzene rings is 1. The number of hydrogen-bond acceptors (Lipinski definition) is 1. The summed E-state index contributed by atoms with van der Waals surface area (Å²) in [6, 6.07) is 9.18. The lowest BCUT2D eigenvalue weighted by atomic mass is 9.79. The molecule has 0 aromatic heterocycles. The minimum atomic E-state index is 0.831. The maximum Gasteiger partial charge on any atom is 0.00693 e. The smallest absolute Gasteiger partial charge is 0.00693 e. The fourth-order valence-electron chi connectivity index (χ4n) is 2.47. The van der Waals surface area contributed by atoms with Crippen LogP contribution in [0.25, 0.3) is 0 Å². The molecule has 1 aromatic carbocycles. The Morgan fingerprint density at radius 2 is 1.60 bits per heavy atom. The molecule has 2 rings (SSSR count). The van der Waals surface area contributed by atoms with Gasteiger partial charge in [0.05, 0.1) is 0 Å². The molecule has 0 atom stereocenters. The lowest BCUT2D eigenvalue weighted by Gasteiger charge is -2.26. The molecule has 0 N–H and O–H groups in total. The van der Waals surface area contributed by atoms with Crippen molar-refractivity contribution in [1.29, 1.82) is 0 Å². The van der Waals surface area contributed by atoms with Crippen LogP contribution >= 0.6 is 11.8 Å². The fraction of sp³-hybridized carbons (Fsp3) is 0.571. The maximum atomic E-state index is 2.38. The van der Waals surface area contributed by atoms with Crippen molar-refractivity contribution < 1.29 is 0 Å². The minimum Gasteiger partial charge on any atom is -0.130 e. The van der Waals surface area contributed by atoms with E-state index in [1.807, 2.05) is 11.8 Å². The number of hydrogen-bond donors (Lipinski definition) is 0. The number of thioether (sulfide) groups is 1. The summed E-state index contributed by atoms with van der Waals surface area (Å²) >= 11 is 1.82. The van der Waals surface area contributed by atoms with Crippen molar-refractivity contribution in [2.75, 3.05) is 6.26 Å². The van der Waals surface area contributed by atoms with E-state index in [2.05, 4.69) is 37.4 Å². The molecule has 1 heteroatoms. The van der Waals surface area contributed by atoms with Gasteiger partial charge in [-0.15, -0.1) is 11.8 Å². The lowest BCUT2D eigenvalue weighted by Crippen LogP contribution is -2.10. The Hall–Kier alpha value is -0.430. The van der Waals surface area contributed by atoms with Gasteiger partial charge in [-0.25, -0.2) is 0 Å². The summed E-state index contributed by atoms with van der Waals surface area (Å²) in [5, 5.41) is 0. The van der Waals surface area contributed by atoms with E-state index in [1.54, 1.807) is 5.56 Å². The first-order valence-electron chi connectivity index (χ1n) is 5.93. The van der Waals surface area contributed by atoms with Crippen molar-refractivity contribution in [2.45, 2.75) is 43.4 Å². The average Bonchev–Trinajstić information content (AvgIpc) is 2.30. The van der Waals surface area contributed by atoms with Gasteiger partial charge >= 0.3 is 0 Å². The zero-order valence-corrected chi connectivity index (χ0v) is 10.5. The molecule has 0 bridgehead atoms. The molecule has 0 saturated heterocycles. The highest BCUT2D eigenvalue weighted by Gasteiger charge is 2.19. The van der Waals surface area contributed by atoms with Gasteiger partial charge in [0.15, 0.2) is 0 Å². The van der Waals surface area contributed by atoms with Crippen molar-refractivity contribution in [3.63, 3.8) is 0 Å². The predicted octanol–water partition coefficient (Wildman–Crippen LogP) is 4.70. The molecule has 0 radical (unpaired) electrons. The quantitative estimate of drug-likeness (QED) is 0.651. The molecule has 1 saturated carbocycles. The molecule has 1 aromatic rings. The summed E-state index contributed by atoms with van der Waals surface area (Å²) in [5.41, 5.74) is 1.56. The predicted molar refractivity (Wildman–Crippen MR) is 68.6 cm³/mol. The topological polar surface area (TPSA) is 0 Å². The third kappa shape index (κ3) is 2.78. The van der Waals surface area contributed by atoms with E-state index in [1.165, 1.54) is 30.6 Å². The molecule has 0 spiro atoms. The van der Waals surface area contributed by atoms with Crippen LogP contribution < -0.4 is 0 Å². The van der Waals surface area contributed by atoms with Crippen LogP contribution in [-0.4, -0.2) is 6.26 Å². The molecule has 82 valence electrons. The van der Waals surface area contributed by atoms with E-state index in [0.717, 1.165) is 11.8 Å². The van der Waals surface area contributed by atoms with E-state index in [9.17, 15) is 0 Å². The monoisotopic (exact) mass is 220 g/mol. The van der Waals surface area contributed by atoms with Crippen LogP contribution in [0, 0.1) is 5.92 Å². The molecule has 1 aliphatic carbocycles. The van der Waals surface area contributed by atoms with E-state index < -0.39 is 0 Å². The van der Waals surface area contributed by atoms with Crippen LogP contribution in [0.1, 0.15) is 44.1 Å². The molecule has 0 heterocycles. The van der Waals surface area contributed by atoms with Crippen LogP contribution in [0.5, 0.6) is 0 Å². The third-order valence-electron chi connectivity index (χ3n) is 3.60. The summed E-state index contributed by atoms with van der Waals surface area (Å²) in [6.45, 7) is 2.38. The molecular formula is C14H20S. The zero-order chi connectivity index (χ0) is 10.7. The van der Waals surface area contributed by atoms with Crippen molar-refractivity contribution in [1.82, 2.24) is 0 Å². The van der Waals surface area contributed by atoms with Gasteiger partial charge in [-0.3, -0.25) is 0 Å². The Balaban J connectivity index is 2.03. The van der Waals surface area contributed by atoms with E-state index >= 15 is 0 Å². The van der Waals surface area contributed by atoms with Gasteiger partial charge in [0.25, 0.3) is 0 Å². The van der Waals surface area contributed by atoms with Crippen molar-refractivity contribution in [2.24, 2.45) is 5.92 Å². The standard InChI is InChI=1S/C14H20S/c1-11-3-5-12(6-4-11)13-7-9-14(15-2)10-8-13/h7-12H,3-6H2,1-2H3/t11-,12+. The Bertz CT molecular complexity index is 294. The van der Waals surface area contributed by atoms with Crippen LogP contribution in [0.4, 0.5) is 0 Å². The molecule has 1 aliphatic rings. The SMILES string of the molecule is CSc1ccc([C@H]2CC[C@@H](C)CC2)cc1. The highest BCUT2D eigenvalue weighted by atomic mass is 32.2. The fourth-order valence-corrected chi connectivity index (χ4v) is 2.88. The number of rotatable bonds is 2. The molecule has 0 unspecified atom stereocenters. The van der Waals surface area contributed by atoms with Gasteiger partial charge < -0.3 is 0 Å². The first-order chi connectivity index (χ1) is 7.29. The van der Waals surface area contributed by atoms with E-state index in [4.69, 9.17) is 0 Å². The summed E-state index contributed by atoms with van der Waals surface area (Å²) in [7, 11) is 0. The van der Waals surface area contributed by atoms with Crippen LogP contribution in [-0.2, 0) is 0 Å². The van der Waals surface area contributed by atoms with E-state index in [0.29, 0.717) is 0 Å². The van der Waals surface area contributed by atoms with Crippen LogP contribution in [0.3, 0.4) is 0 Å². The summed E-state index contributed by atoms with van der Waals surface area (Å²) in [4.78, 5) is 1.38. The highest BCUT2D eigenvalue weighted by Crippen LogP contribution is 2.35. The molecule has 0 nitrogen and oxygen atoms in total. The Kier molecular flexibility index (Phi) is 3.74. The van der Waals surface area contributed by atoms with Crippen LogP contribution in [0.15, 0.2) is 29.2 Å². The second-order valence-electron chi connectivity index (χ2n) is 4.73. The Labute approximate surface area is 97.5 Å². The maximum absolute atomic E-state index is 2.38. The van der Waals surface area contributed by atoms with Gasteiger partial charge in [-0.05, 0) is 48.6 Å². The normalized spacial score (nSPS) is 26.5. The van der Waals surface area contributed by atoms with Gasteiger partial charge in [0.1, 0.15) is 0 Å². The van der Waals surface area contributed by atoms with Gasteiger partial charge in [-0.1, -0.05) is 31.9 Å². The molecule has 15 heavy (non-hydrogen) atoms. The molecule has 0 amide bonds. The molecule has 0 aliphatic heterocycles. The van der Waals surface area contributed by atoms with Gasteiger partial charge in [0.2, 0.25) is 0 Å². The highest BCUT2D eigenvalue weighted by molar-refractivity contribution is 7.98. The largest absolute Gasteiger partial charge is 0.130 e. The van der Waals surface area contributed by atoms with Gasteiger partial charge in [-0.2, -0.15) is 0 Å². The average molecular weight is 220 g/mol. The summed E-state index contributed by atoms with van der Waals surface area (Å²) in [6.07, 6.45) is 7.74. The first-order valence-corrected chi connectivity index (χ1v) is 7.16. The summed E-state index contributed by atoms with van der Waals surface area (Å²) < 4.78 is 0. The minimum absolute atomic E-state index is 0.831. The van der Waals surface area contributed by atoms with Crippen LogP contribution in [0.2, 0.25) is 0 Å². The van der Waals surface area contributed by atoms with Gasteiger partial charge in [0, 0.05) is 4.90 Å². The second kappa shape index (κ2) is 5.07. The third-order valence-corrected chi connectivity index (χ3v) is 4.35. The Morgan fingerprint density at radius 3 is 2.13 bits per heavy atom. The Morgan fingerprint density at radius 1 is 1.00 bits per heavy atom. The molecular weight excluding hydrogens is 200 g/mol. The second-order valence-corrected chi connectivity index (χ2v) is 5.61. The van der Waals surface area contributed by atoms with Crippen molar-refractivity contribution >= 4 is 11.8 Å². The molecule has 1 fully saturated rings. The van der Waals surface area contributed by atoms with E-state index in [-0.39, 0.29) is 0 Å². The van der Waals surface area contributed by atoms with Crippen molar-refractivity contribution in [3.05, 3.63) is 29.8 Å². The summed E-state index contributed by atoms with van der Waals surface area (Å²) in [5.74, 6) is 1.78. The first kappa shape index (κ1) is 11.1. The van der Waals surface area contributed by atoms with Crippen molar-refractivity contribution in [3.8, 4) is 0 Å². The lowest BCUT2D eigenvalue weighted by molar-refractivity contribution is 0.348.